The van der Waals surface area contributed by atoms with Gasteiger partial charge >= 0.3 is 6.18 Å². The largest absolute Gasteiger partial charge is 0.491 e. The standard InChI is InChI=1S/C20H23F3IN3O3/c1-10-3-13(28)4-11(26-10)8-30-15-5-14(20(21,22)23)18-17(16(15)24)25-9-27(18)12-6-19(2,29)7-12/h5,9-12,26,29H,3-4,6-8H2,1-2H3/t10?,11-,12?,19?/m0/s1. The fourth-order valence-corrected chi connectivity index (χ4v) is 5.14. The van der Waals surface area contributed by atoms with E-state index in [0.29, 0.717) is 29.3 Å². The zero-order valence-electron chi connectivity index (χ0n) is 16.6. The third kappa shape index (κ3) is 4.18. The number of aliphatic hydroxyl groups is 1. The molecule has 2 fully saturated rings. The number of hydrogen-bond donors (Lipinski definition) is 2. The van der Waals surface area contributed by atoms with Gasteiger partial charge < -0.3 is 19.7 Å². The van der Waals surface area contributed by atoms with E-state index in [4.69, 9.17) is 4.74 Å². The second-order valence-electron chi connectivity index (χ2n) is 8.66. The van der Waals surface area contributed by atoms with Crippen molar-refractivity contribution < 1.29 is 27.8 Å². The van der Waals surface area contributed by atoms with Gasteiger partial charge in [0.1, 0.15) is 23.7 Å². The van der Waals surface area contributed by atoms with Crippen molar-refractivity contribution in [3.05, 3.63) is 21.5 Å². The Bertz CT molecular complexity index is 981. The first kappa shape index (κ1) is 21.8. The van der Waals surface area contributed by atoms with Crippen LogP contribution >= 0.6 is 22.6 Å². The van der Waals surface area contributed by atoms with Crippen molar-refractivity contribution in [2.75, 3.05) is 6.61 Å². The molecular formula is C20H23F3IN3O3. The molecule has 1 unspecified atom stereocenters. The molecular weight excluding hydrogens is 514 g/mol. The summed E-state index contributed by atoms with van der Waals surface area (Å²) in [5.41, 5.74) is -1.43. The van der Waals surface area contributed by atoms with Crippen LogP contribution in [0.3, 0.4) is 0 Å². The maximum atomic E-state index is 13.9. The summed E-state index contributed by atoms with van der Waals surface area (Å²) in [5, 5.41) is 13.3. The Labute approximate surface area is 185 Å². The molecule has 2 N–H and O–H groups in total. The second kappa shape index (κ2) is 7.63. The number of aromatic nitrogens is 2. The Morgan fingerprint density at radius 1 is 1.40 bits per heavy atom. The molecule has 2 heterocycles. The van der Waals surface area contributed by atoms with Crippen molar-refractivity contribution >= 4 is 39.4 Å². The number of imidazole rings is 1. The predicted octanol–water partition coefficient (Wildman–Crippen LogP) is 3.83. The smallest absolute Gasteiger partial charge is 0.418 e. The Morgan fingerprint density at radius 3 is 2.70 bits per heavy atom. The first-order valence-corrected chi connectivity index (χ1v) is 10.9. The number of hydrogen-bond acceptors (Lipinski definition) is 5. The second-order valence-corrected chi connectivity index (χ2v) is 9.74. The number of halogens is 4. The molecule has 2 aliphatic rings. The molecule has 0 radical (unpaired) electrons. The van der Waals surface area contributed by atoms with Crippen LogP contribution in [0.5, 0.6) is 5.75 Å². The molecule has 1 aromatic carbocycles. The summed E-state index contributed by atoms with van der Waals surface area (Å²) in [6, 6.07) is 0.569. The van der Waals surface area contributed by atoms with Gasteiger partial charge in [-0.1, -0.05) is 0 Å². The molecule has 0 amide bonds. The highest BCUT2D eigenvalue weighted by molar-refractivity contribution is 14.1. The number of alkyl halides is 3. The third-order valence-electron chi connectivity index (χ3n) is 5.77. The predicted molar refractivity (Wildman–Crippen MR) is 112 cm³/mol. The number of Topliss-reactive ketones (excluding diaryl/α,β-unsaturated/α-hetero) is 1. The van der Waals surface area contributed by atoms with Gasteiger partial charge in [0, 0.05) is 31.0 Å². The maximum Gasteiger partial charge on any atom is 0.418 e. The summed E-state index contributed by atoms with van der Waals surface area (Å²) in [6.07, 6.45) is -1.67. The van der Waals surface area contributed by atoms with Gasteiger partial charge in [-0.2, -0.15) is 13.2 Å². The summed E-state index contributed by atoms with van der Waals surface area (Å²) in [4.78, 5) is 16.0. The molecule has 2 atom stereocenters. The Kier molecular flexibility index (Phi) is 5.55. The first-order valence-electron chi connectivity index (χ1n) is 9.84. The minimum Gasteiger partial charge on any atom is -0.491 e. The van der Waals surface area contributed by atoms with Gasteiger partial charge in [0.15, 0.2) is 0 Å². The van der Waals surface area contributed by atoms with Crippen molar-refractivity contribution in [2.45, 2.75) is 69.4 Å². The number of fused-ring (bicyclic) bond motifs is 1. The highest BCUT2D eigenvalue weighted by Gasteiger charge is 2.42. The topological polar surface area (TPSA) is 76.4 Å². The van der Waals surface area contributed by atoms with Gasteiger partial charge in [-0.25, -0.2) is 4.98 Å². The van der Waals surface area contributed by atoms with Crippen molar-refractivity contribution in [1.82, 2.24) is 14.9 Å². The van der Waals surface area contributed by atoms with E-state index < -0.39 is 17.3 Å². The number of rotatable bonds is 4. The van der Waals surface area contributed by atoms with Crippen LogP contribution in [0.2, 0.25) is 0 Å². The summed E-state index contributed by atoms with van der Waals surface area (Å²) >= 11 is 1.95. The number of piperidine rings is 1. The van der Waals surface area contributed by atoms with Gasteiger partial charge in [0.2, 0.25) is 0 Å². The van der Waals surface area contributed by atoms with Crippen LogP contribution in [-0.2, 0) is 11.0 Å². The van der Waals surface area contributed by atoms with Gasteiger partial charge in [-0.05, 0) is 55.3 Å². The van der Waals surface area contributed by atoms with Crippen molar-refractivity contribution in [3.63, 3.8) is 0 Å². The normalized spacial score (nSPS) is 29.8. The number of nitrogens with zero attached hydrogens (tertiary/aromatic N) is 2. The number of ketones is 1. The van der Waals surface area contributed by atoms with E-state index in [9.17, 15) is 23.1 Å². The summed E-state index contributed by atoms with van der Waals surface area (Å²) in [5.74, 6) is 0.222. The minimum absolute atomic E-state index is 0.0133. The lowest BCUT2D eigenvalue weighted by molar-refractivity contribution is -0.136. The van der Waals surface area contributed by atoms with Gasteiger partial charge in [0.05, 0.1) is 26.6 Å². The molecule has 0 bridgehead atoms. The zero-order chi connectivity index (χ0) is 21.8. The molecule has 1 saturated heterocycles. The van der Waals surface area contributed by atoms with Crippen LogP contribution in [0, 0.1) is 3.57 Å². The van der Waals surface area contributed by atoms with Gasteiger partial charge in [-0.3, -0.25) is 4.79 Å². The van der Waals surface area contributed by atoms with Gasteiger partial charge in [0.25, 0.3) is 0 Å². The first-order chi connectivity index (χ1) is 13.9. The van der Waals surface area contributed by atoms with E-state index in [0.717, 1.165) is 6.07 Å². The van der Waals surface area contributed by atoms with Crippen LogP contribution in [0.1, 0.15) is 51.1 Å². The van der Waals surface area contributed by atoms with Gasteiger partial charge in [-0.15, -0.1) is 0 Å². The lowest BCUT2D eigenvalue weighted by atomic mass is 9.77. The van der Waals surface area contributed by atoms with Crippen molar-refractivity contribution in [3.8, 4) is 5.75 Å². The van der Waals surface area contributed by atoms with E-state index in [1.54, 1.807) is 6.92 Å². The average Bonchev–Trinajstić information content (AvgIpc) is 3.02. The van der Waals surface area contributed by atoms with E-state index in [2.05, 4.69) is 10.3 Å². The maximum absolute atomic E-state index is 13.9. The molecule has 30 heavy (non-hydrogen) atoms. The Morgan fingerprint density at radius 2 is 2.10 bits per heavy atom. The fourth-order valence-electron chi connectivity index (χ4n) is 4.44. The fraction of sp³-hybridized carbons (Fsp3) is 0.600. The number of carbonyl (C=O) groups excluding carboxylic acids is 1. The molecule has 10 heteroatoms. The Balaban J connectivity index is 1.67. The number of ether oxygens (including phenoxy) is 1. The summed E-state index contributed by atoms with van der Waals surface area (Å²) in [7, 11) is 0. The summed E-state index contributed by atoms with van der Waals surface area (Å²) in [6.45, 7) is 3.67. The highest BCUT2D eigenvalue weighted by Crippen LogP contribution is 2.46. The Hall–Kier alpha value is -1.40. The molecule has 164 valence electrons. The SMILES string of the molecule is CC1CC(=O)C[C@@H](COc2cc(C(F)(F)F)c3c(ncn3C3CC(C)(O)C3)c2I)N1. The van der Waals surface area contributed by atoms with E-state index in [1.807, 2.05) is 29.5 Å². The van der Waals surface area contributed by atoms with Crippen molar-refractivity contribution in [1.29, 1.82) is 0 Å². The summed E-state index contributed by atoms with van der Waals surface area (Å²) < 4.78 is 49.5. The highest BCUT2D eigenvalue weighted by atomic mass is 127. The molecule has 1 aliphatic carbocycles. The molecule has 6 nitrogen and oxygen atoms in total. The molecule has 0 spiro atoms. The number of nitrogens with one attached hydrogen (secondary N) is 1. The van der Waals surface area contributed by atoms with E-state index in [1.165, 1.54) is 10.9 Å². The number of benzene rings is 1. The van der Waals surface area contributed by atoms with Crippen LogP contribution < -0.4 is 10.1 Å². The number of carbonyl (C=O) groups is 1. The van der Waals surface area contributed by atoms with E-state index in [-0.39, 0.29) is 47.3 Å². The minimum atomic E-state index is -4.59. The monoisotopic (exact) mass is 537 g/mol. The van der Waals surface area contributed by atoms with Crippen LogP contribution in [0.15, 0.2) is 12.4 Å². The third-order valence-corrected chi connectivity index (χ3v) is 6.81. The quantitative estimate of drug-likeness (QED) is 0.581. The lowest BCUT2D eigenvalue weighted by Gasteiger charge is -2.42. The zero-order valence-corrected chi connectivity index (χ0v) is 18.7. The van der Waals surface area contributed by atoms with Crippen LogP contribution in [-0.4, -0.2) is 44.7 Å². The molecule has 1 aromatic heterocycles. The van der Waals surface area contributed by atoms with Crippen LogP contribution in [0.25, 0.3) is 11.0 Å². The van der Waals surface area contributed by atoms with E-state index >= 15 is 0 Å². The molecule has 1 saturated carbocycles. The average molecular weight is 537 g/mol. The lowest BCUT2D eigenvalue weighted by Crippen LogP contribution is -2.47. The molecule has 2 aromatic rings. The van der Waals surface area contributed by atoms with Crippen molar-refractivity contribution in [2.24, 2.45) is 0 Å². The molecule has 1 aliphatic heterocycles. The molecule has 4 rings (SSSR count). The van der Waals surface area contributed by atoms with Crippen LogP contribution in [0.4, 0.5) is 13.2 Å².